The van der Waals surface area contributed by atoms with Crippen LogP contribution in [0.15, 0.2) is 48.0 Å². The summed E-state index contributed by atoms with van der Waals surface area (Å²) in [4.78, 5) is 28.3. The first-order valence-electron chi connectivity index (χ1n) is 14.4. The molecular weight excluding hydrogens is 510 g/mol. The Morgan fingerprint density at radius 3 is 2.40 bits per heavy atom. The molecule has 2 fully saturated rings. The third kappa shape index (κ3) is 6.78. The van der Waals surface area contributed by atoms with Gasteiger partial charge in [-0.25, -0.2) is 0 Å². The number of hydrogen-bond donors (Lipinski definition) is 1. The molecule has 0 aliphatic carbocycles. The Hall–Kier alpha value is -3.52. The quantitative estimate of drug-likeness (QED) is 0.132. The number of Topliss-reactive ketones (excluding diaryl/α,β-unsaturated/α-hetero) is 1. The maximum Gasteiger partial charge on any atom is 0.295 e. The second kappa shape index (κ2) is 14.2. The van der Waals surface area contributed by atoms with Crippen LogP contribution >= 0.6 is 0 Å². The predicted octanol–water partition coefficient (Wildman–Crippen LogP) is 6.04. The van der Waals surface area contributed by atoms with E-state index in [9.17, 15) is 14.7 Å². The molecule has 2 aliphatic rings. The highest BCUT2D eigenvalue weighted by Gasteiger charge is 2.47. The lowest BCUT2D eigenvalue weighted by Gasteiger charge is -2.28. The van der Waals surface area contributed by atoms with Gasteiger partial charge in [0, 0.05) is 18.7 Å². The SMILES string of the molecule is CCCCCOc1ccc(C2/C(=C(\O)c3ccc(OCCCC)cc3)C(=O)C(=O)N2CC2CCCO2)cc1OC. The summed E-state index contributed by atoms with van der Waals surface area (Å²) < 4.78 is 23.1. The molecule has 2 aromatic carbocycles. The number of rotatable bonds is 14. The minimum atomic E-state index is -0.798. The standard InChI is InChI=1S/C32H41NO7/c1-4-6-8-18-40-26-16-13-23(20-27(26)37-3)29-28(31(35)32(36)33(29)21-25-10-9-19-39-25)30(34)22-11-14-24(15-12-22)38-17-7-5-2/h11-16,20,25,29,34H,4-10,17-19,21H2,1-3H3/b30-28+. The van der Waals surface area contributed by atoms with Crippen molar-refractivity contribution >= 4 is 17.4 Å². The number of amides is 1. The molecular formula is C32H41NO7. The van der Waals surface area contributed by atoms with Crippen LogP contribution in [0.25, 0.3) is 5.76 Å². The molecule has 0 bridgehead atoms. The summed E-state index contributed by atoms with van der Waals surface area (Å²) in [6.07, 6.45) is 6.63. The topological polar surface area (TPSA) is 94.5 Å². The van der Waals surface area contributed by atoms with Crippen molar-refractivity contribution in [3.8, 4) is 17.2 Å². The fourth-order valence-electron chi connectivity index (χ4n) is 5.13. The van der Waals surface area contributed by atoms with Gasteiger partial charge in [-0.2, -0.15) is 0 Å². The van der Waals surface area contributed by atoms with Crippen molar-refractivity contribution in [2.75, 3.05) is 33.5 Å². The summed E-state index contributed by atoms with van der Waals surface area (Å²) in [6.45, 7) is 6.30. The molecule has 216 valence electrons. The highest BCUT2D eigenvalue weighted by molar-refractivity contribution is 6.46. The molecule has 0 saturated carbocycles. The normalized spacial score (nSPS) is 20.2. The average Bonchev–Trinajstić information content (AvgIpc) is 3.58. The van der Waals surface area contributed by atoms with Crippen molar-refractivity contribution in [1.82, 2.24) is 4.90 Å². The number of aliphatic hydroxyl groups excluding tert-OH is 1. The van der Waals surface area contributed by atoms with E-state index in [1.54, 1.807) is 43.5 Å². The van der Waals surface area contributed by atoms with Gasteiger partial charge in [0.05, 0.1) is 38.0 Å². The number of carbonyl (C=O) groups is 2. The van der Waals surface area contributed by atoms with Crippen LogP contribution in [0.1, 0.15) is 76.0 Å². The molecule has 0 radical (unpaired) electrons. The van der Waals surface area contributed by atoms with E-state index in [1.807, 2.05) is 6.07 Å². The van der Waals surface area contributed by atoms with Gasteiger partial charge in [-0.05, 0) is 67.6 Å². The first kappa shape index (κ1) is 29.5. The first-order chi connectivity index (χ1) is 19.5. The maximum absolute atomic E-state index is 13.4. The summed E-state index contributed by atoms with van der Waals surface area (Å²) in [5, 5.41) is 11.4. The Bertz CT molecular complexity index is 1180. The van der Waals surface area contributed by atoms with Gasteiger partial charge in [0.1, 0.15) is 11.5 Å². The summed E-state index contributed by atoms with van der Waals surface area (Å²) in [6, 6.07) is 11.5. The third-order valence-corrected chi connectivity index (χ3v) is 7.37. The Morgan fingerprint density at radius 2 is 1.73 bits per heavy atom. The van der Waals surface area contributed by atoms with Crippen LogP contribution in [0.4, 0.5) is 0 Å². The smallest absolute Gasteiger partial charge is 0.295 e. The third-order valence-electron chi connectivity index (χ3n) is 7.37. The number of ether oxygens (including phenoxy) is 4. The van der Waals surface area contributed by atoms with Gasteiger partial charge >= 0.3 is 0 Å². The molecule has 8 heteroatoms. The predicted molar refractivity (Wildman–Crippen MR) is 153 cm³/mol. The van der Waals surface area contributed by atoms with Crippen LogP contribution < -0.4 is 14.2 Å². The zero-order chi connectivity index (χ0) is 28.5. The minimum absolute atomic E-state index is 0.0429. The van der Waals surface area contributed by atoms with Crippen LogP contribution in [-0.4, -0.2) is 61.3 Å². The van der Waals surface area contributed by atoms with E-state index in [4.69, 9.17) is 18.9 Å². The molecule has 2 heterocycles. The number of unbranched alkanes of at least 4 members (excludes halogenated alkanes) is 3. The molecule has 2 aromatic rings. The minimum Gasteiger partial charge on any atom is -0.507 e. The molecule has 40 heavy (non-hydrogen) atoms. The van der Waals surface area contributed by atoms with Gasteiger partial charge in [-0.3, -0.25) is 9.59 Å². The summed E-state index contributed by atoms with van der Waals surface area (Å²) in [5.41, 5.74) is 1.13. The van der Waals surface area contributed by atoms with Gasteiger partial charge in [0.25, 0.3) is 11.7 Å². The van der Waals surface area contributed by atoms with Crippen LogP contribution in [0.3, 0.4) is 0 Å². The molecule has 2 atom stereocenters. The first-order valence-corrected chi connectivity index (χ1v) is 14.4. The lowest BCUT2D eigenvalue weighted by molar-refractivity contribution is -0.140. The zero-order valence-electron chi connectivity index (χ0n) is 23.8. The van der Waals surface area contributed by atoms with E-state index in [1.165, 1.54) is 4.90 Å². The number of carbonyl (C=O) groups excluding carboxylic acids is 2. The Kier molecular flexibility index (Phi) is 10.5. The lowest BCUT2D eigenvalue weighted by Crippen LogP contribution is -2.36. The van der Waals surface area contributed by atoms with Crippen LogP contribution in [0.2, 0.25) is 0 Å². The highest BCUT2D eigenvalue weighted by Crippen LogP contribution is 2.42. The summed E-state index contributed by atoms with van der Waals surface area (Å²) in [7, 11) is 1.56. The van der Waals surface area contributed by atoms with Gasteiger partial charge in [-0.1, -0.05) is 39.2 Å². The van der Waals surface area contributed by atoms with Crippen molar-refractivity contribution in [3.05, 3.63) is 59.2 Å². The molecule has 1 N–H and O–H groups in total. The molecule has 1 amide bonds. The van der Waals surface area contributed by atoms with E-state index < -0.39 is 17.7 Å². The monoisotopic (exact) mass is 551 g/mol. The Morgan fingerprint density at radius 1 is 0.975 bits per heavy atom. The zero-order valence-corrected chi connectivity index (χ0v) is 23.8. The molecule has 8 nitrogen and oxygen atoms in total. The van der Waals surface area contributed by atoms with Crippen LogP contribution in [-0.2, 0) is 14.3 Å². The number of likely N-dealkylation sites (tertiary alicyclic amines) is 1. The van der Waals surface area contributed by atoms with Gasteiger partial charge in [-0.15, -0.1) is 0 Å². The molecule has 4 rings (SSSR count). The van der Waals surface area contributed by atoms with Crippen LogP contribution in [0, 0.1) is 0 Å². The van der Waals surface area contributed by atoms with Gasteiger partial charge in [0.15, 0.2) is 11.5 Å². The molecule has 0 aromatic heterocycles. The van der Waals surface area contributed by atoms with E-state index in [0.717, 1.165) is 44.9 Å². The highest BCUT2D eigenvalue weighted by atomic mass is 16.5. The summed E-state index contributed by atoms with van der Waals surface area (Å²) in [5.74, 6) is 0.183. The second-order valence-electron chi connectivity index (χ2n) is 10.3. The lowest BCUT2D eigenvalue weighted by atomic mass is 9.94. The van der Waals surface area contributed by atoms with Gasteiger partial charge < -0.3 is 29.0 Å². The van der Waals surface area contributed by atoms with Crippen molar-refractivity contribution in [2.24, 2.45) is 0 Å². The number of hydrogen-bond acceptors (Lipinski definition) is 7. The van der Waals surface area contributed by atoms with Crippen molar-refractivity contribution < 1.29 is 33.6 Å². The maximum atomic E-state index is 13.4. The average molecular weight is 552 g/mol. The molecule has 2 unspecified atom stereocenters. The Balaban J connectivity index is 1.70. The number of nitrogens with zero attached hydrogens (tertiary/aromatic N) is 1. The van der Waals surface area contributed by atoms with E-state index in [2.05, 4.69) is 13.8 Å². The number of aliphatic hydroxyl groups is 1. The largest absolute Gasteiger partial charge is 0.507 e. The van der Waals surface area contributed by atoms with E-state index in [-0.39, 0.29) is 24.0 Å². The molecule has 2 saturated heterocycles. The van der Waals surface area contributed by atoms with Crippen molar-refractivity contribution in [1.29, 1.82) is 0 Å². The molecule has 0 spiro atoms. The second-order valence-corrected chi connectivity index (χ2v) is 10.3. The molecule has 2 aliphatic heterocycles. The fraction of sp³-hybridized carbons (Fsp3) is 0.500. The van der Waals surface area contributed by atoms with Gasteiger partial charge in [0.2, 0.25) is 0 Å². The number of benzene rings is 2. The number of methoxy groups -OCH3 is 1. The fourth-order valence-corrected chi connectivity index (χ4v) is 5.13. The van der Waals surface area contributed by atoms with E-state index in [0.29, 0.717) is 48.2 Å². The Labute approximate surface area is 236 Å². The van der Waals surface area contributed by atoms with Crippen molar-refractivity contribution in [3.63, 3.8) is 0 Å². The summed E-state index contributed by atoms with van der Waals surface area (Å²) >= 11 is 0. The van der Waals surface area contributed by atoms with Crippen LogP contribution in [0.5, 0.6) is 17.2 Å². The van der Waals surface area contributed by atoms with Crippen molar-refractivity contribution in [2.45, 2.75) is 70.9 Å². The number of ketones is 1. The van der Waals surface area contributed by atoms with E-state index >= 15 is 0 Å².